The molecule has 10 heavy (non-hydrogen) atoms. The fourth-order valence-electron chi connectivity index (χ4n) is 0.698. The van der Waals surface area contributed by atoms with E-state index in [4.69, 9.17) is 0 Å². The van der Waals surface area contributed by atoms with Crippen LogP contribution in [0.4, 0.5) is 3.89 Å². The number of hydrogen-bond acceptors (Lipinski definition) is 1. The first-order chi connectivity index (χ1) is 4.88. The van der Waals surface area contributed by atoms with E-state index in [1.165, 1.54) is 0 Å². The van der Waals surface area contributed by atoms with Gasteiger partial charge in [0.2, 0.25) is 0 Å². The van der Waals surface area contributed by atoms with Gasteiger partial charge in [0.1, 0.15) is 6.61 Å². The maximum atomic E-state index is 12.0. The van der Waals surface area contributed by atoms with Gasteiger partial charge in [-0.2, -0.15) is 3.89 Å². The van der Waals surface area contributed by atoms with Crippen LogP contribution in [0, 0.1) is 0 Å². The largest absolute Gasteiger partial charge is 0.232 e. The second-order valence-electron chi connectivity index (χ2n) is 1.83. The van der Waals surface area contributed by atoms with Crippen molar-refractivity contribution in [1.29, 1.82) is 0 Å². The SMILES string of the molecule is [O]Cc1ccccc1SF. The van der Waals surface area contributed by atoms with Gasteiger partial charge in [0.15, 0.2) is 0 Å². The van der Waals surface area contributed by atoms with Gasteiger partial charge in [-0.3, -0.25) is 0 Å². The van der Waals surface area contributed by atoms with E-state index < -0.39 is 0 Å². The maximum Gasteiger partial charge on any atom is 0.108 e. The molecule has 0 atom stereocenters. The molecule has 0 aliphatic carbocycles. The number of hydrogen-bond donors (Lipinski definition) is 0. The summed E-state index contributed by atoms with van der Waals surface area (Å²) < 4.78 is 12.0. The predicted molar refractivity (Wildman–Crippen MR) is 37.8 cm³/mol. The minimum Gasteiger partial charge on any atom is -0.232 e. The Morgan fingerprint density at radius 2 is 2.10 bits per heavy atom. The van der Waals surface area contributed by atoms with Gasteiger partial charge in [0.05, 0.1) is 12.1 Å². The van der Waals surface area contributed by atoms with Crippen molar-refractivity contribution in [3.8, 4) is 0 Å². The van der Waals surface area contributed by atoms with Crippen LogP contribution < -0.4 is 0 Å². The first-order valence-corrected chi connectivity index (χ1v) is 3.54. The van der Waals surface area contributed by atoms with Crippen molar-refractivity contribution in [1.82, 2.24) is 0 Å². The molecule has 0 unspecified atom stereocenters. The Hall–Kier alpha value is -0.540. The number of halogens is 1. The van der Waals surface area contributed by atoms with E-state index in [-0.39, 0.29) is 18.8 Å². The fourth-order valence-corrected chi connectivity index (χ4v) is 1.05. The average molecular weight is 157 g/mol. The molecule has 0 saturated heterocycles. The van der Waals surface area contributed by atoms with E-state index in [9.17, 15) is 8.99 Å². The Balaban J connectivity index is 2.96. The lowest BCUT2D eigenvalue weighted by Crippen LogP contribution is -1.82. The van der Waals surface area contributed by atoms with Crippen LogP contribution in [0.3, 0.4) is 0 Å². The predicted octanol–water partition coefficient (Wildman–Crippen LogP) is 2.59. The lowest BCUT2D eigenvalue weighted by Gasteiger charge is -1.97. The first-order valence-electron chi connectivity index (χ1n) is 2.83. The molecule has 1 aromatic rings. The monoisotopic (exact) mass is 157 g/mol. The summed E-state index contributed by atoms with van der Waals surface area (Å²) >= 11 is 0.120. The highest BCUT2D eigenvalue weighted by molar-refractivity contribution is 7.94. The number of rotatable bonds is 2. The van der Waals surface area contributed by atoms with Crippen molar-refractivity contribution in [3.63, 3.8) is 0 Å². The van der Waals surface area contributed by atoms with Crippen LogP contribution in [0.5, 0.6) is 0 Å². The molecule has 0 bridgehead atoms. The van der Waals surface area contributed by atoms with Crippen molar-refractivity contribution < 1.29 is 8.99 Å². The molecule has 53 valence electrons. The molecule has 0 aromatic heterocycles. The molecule has 0 aliphatic rings. The quantitative estimate of drug-likeness (QED) is 0.646. The standard InChI is InChI=1S/C7H6FOS/c8-10-7-4-2-1-3-6(7)5-9/h1-4H,5H2. The van der Waals surface area contributed by atoms with Gasteiger partial charge in [-0.25, -0.2) is 5.11 Å². The summed E-state index contributed by atoms with van der Waals surface area (Å²) in [7, 11) is 0. The van der Waals surface area contributed by atoms with Crippen LogP contribution in [-0.4, -0.2) is 0 Å². The molecule has 1 aromatic carbocycles. The van der Waals surface area contributed by atoms with Crippen LogP contribution in [0.25, 0.3) is 0 Å². The van der Waals surface area contributed by atoms with Crippen LogP contribution in [-0.2, 0) is 11.7 Å². The van der Waals surface area contributed by atoms with Crippen molar-refractivity contribution in [2.75, 3.05) is 0 Å². The Bertz CT molecular complexity index is 192. The van der Waals surface area contributed by atoms with Crippen molar-refractivity contribution in [2.45, 2.75) is 11.5 Å². The normalized spacial score (nSPS) is 9.80. The van der Waals surface area contributed by atoms with Crippen LogP contribution in [0.15, 0.2) is 29.2 Å². The molecular formula is C7H6FOS. The number of benzene rings is 1. The molecule has 0 spiro atoms. The van der Waals surface area contributed by atoms with Crippen molar-refractivity contribution >= 4 is 12.1 Å². The molecule has 1 rings (SSSR count). The van der Waals surface area contributed by atoms with E-state index in [1.807, 2.05) is 0 Å². The molecule has 0 heterocycles. The summed E-state index contributed by atoms with van der Waals surface area (Å²) in [6.07, 6.45) is 0. The molecule has 0 fully saturated rings. The van der Waals surface area contributed by atoms with Gasteiger partial charge >= 0.3 is 0 Å². The van der Waals surface area contributed by atoms with Gasteiger partial charge in [0, 0.05) is 4.90 Å². The van der Waals surface area contributed by atoms with E-state index in [0.717, 1.165) is 0 Å². The van der Waals surface area contributed by atoms with Crippen LogP contribution in [0.1, 0.15) is 5.56 Å². The minimum absolute atomic E-state index is 0.120. The highest BCUT2D eigenvalue weighted by Gasteiger charge is 1.99. The van der Waals surface area contributed by atoms with Gasteiger partial charge in [0.25, 0.3) is 0 Å². The summed E-state index contributed by atoms with van der Waals surface area (Å²) in [6, 6.07) is 6.67. The Morgan fingerprint density at radius 1 is 1.40 bits per heavy atom. The summed E-state index contributed by atoms with van der Waals surface area (Å²) in [4.78, 5) is 0.428. The van der Waals surface area contributed by atoms with Gasteiger partial charge in [-0.15, -0.1) is 0 Å². The molecule has 0 amide bonds. The average Bonchev–Trinajstić information content (AvgIpc) is 2.04. The minimum atomic E-state index is -0.354. The topological polar surface area (TPSA) is 19.9 Å². The summed E-state index contributed by atoms with van der Waals surface area (Å²) in [6.45, 7) is -0.354. The third-order valence-electron chi connectivity index (χ3n) is 1.21. The smallest absolute Gasteiger partial charge is 0.108 e. The molecule has 1 nitrogen and oxygen atoms in total. The van der Waals surface area contributed by atoms with Gasteiger partial charge in [-0.1, -0.05) is 18.2 Å². The van der Waals surface area contributed by atoms with Gasteiger partial charge in [-0.05, 0) is 11.6 Å². The van der Waals surface area contributed by atoms with E-state index >= 15 is 0 Å². The maximum absolute atomic E-state index is 12.0. The first kappa shape index (κ1) is 7.57. The lowest BCUT2D eigenvalue weighted by atomic mass is 10.2. The molecule has 0 aliphatic heterocycles. The zero-order valence-corrected chi connectivity index (χ0v) is 6.03. The Kier molecular flexibility index (Phi) is 2.71. The zero-order chi connectivity index (χ0) is 7.40. The van der Waals surface area contributed by atoms with E-state index in [0.29, 0.717) is 10.5 Å². The molecule has 1 radical (unpaired) electrons. The van der Waals surface area contributed by atoms with Crippen molar-refractivity contribution in [2.24, 2.45) is 0 Å². The van der Waals surface area contributed by atoms with Gasteiger partial charge < -0.3 is 0 Å². The molecule has 3 heteroatoms. The van der Waals surface area contributed by atoms with Crippen LogP contribution in [0.2, 0.25) is 0 Å². The lowest BCUT2D eigenvalue weighted by molar-refractivity contribution is 0.175. The molecule has 0 saturated carbocycles. The van der Waals surface area contributed by atoms with Crippen molar-refractivity contribution in [3.05, 3.63) is 29.8 Å². The summed E-state index contributed by atoms with van der Waals surface area (Å²) in [5.41, 5.74) is 0.523. The highest BCUT2D eigenvalue weighted by atomic mass is 32.2. The van der Waals surface area contributed by atoms with E-state index in [1.54, 1.807) is 24.3 Å². The second kappa shape index (κ2) is 3.58. The summed E-state index contributed by atoms with van der Waals surface area (Å²) in [5, 5.41) is 10.3. The third-order valence-corrected chi connectivity index (χ3v) is 1.78. The van der Waals surface area contributed by atoms with Crippen LogP contribution >= 0.6 is 12.1 Å². The fraction of sp³-hybridized carbons (Fsp3) is 0.143. The molecule has 0 N–H and O–H groups in total. The second-order valence-corrected chi connectivity index (χ2v) is 2.42. The highest BCUT2D eigenvalue weighted by Crippen LogP contribution is 2.22. The Labute approximate surface area is 63.2 Å². The third kappa shape index (κ3) is 1.49. The summed E-state index contributed by atoms with van der Waals surface area (Å²) in [5.74, 6) is 0. The van der Waals surface area contributed by atoms with E-state index in [2.05, 4.69) is 0 Å². The molecular weight excluding hydrogens is 151 g/mol. The zero-order valence-electron chi connectivity index (χ0n) is 5.21. The Morgan fingerprint density at radius 3 is 2.60 bits per heavy atom.